The van der Waals surface area contributed by atoms with Crippen molar-refractivity contribution in [2.75, 3.05) is 59.3 Å². The molecule has 4 heterocycles. The summed E-state index contributed by atoms with van der Waals surface area (Å²) in [6, 6.07) is 58.3. The molecule has 0 unspecified atom stereocenters. The lowest BCUT2D eigenvalue weighted by atomic mass is 10.2. The molecule has 12 aromatic rings. The summed E-state index contributed by atoms with van der Waals surface area (Å²) in [5.74, 6) is 2.06. The quantitative estimate of drug-likeness (QED) is 0.0495. The van der Waals surface area contributed by atoms with Gasteiger partial charge < -0.3 is 31.1 Å². The molecule has 0 aliphatic rings. The van der Waals surface area contributed by atoms with Crippen molar-refractivity contribution in [3.8, 4) is 0 Å². The summed E-state index contributed by atoms with van der Waals surface area (Å²) < 4.78 is 0. The van der Waals surface area contributed by atoms with Gasteiger partial charge in [0.2, 0.25) is 11.1 Å². The summed E-state index contributed by atoms with van der Waals surface area (Å²) in [4.78, 5) is 46.0. The molecule has 0 saturated heterocycles. The number of rotatable bonds is 10. The van der Waals surface area contributed by atoms with Crippen molar-refractivity contribution in [1.82, 2.24) is 61.6 Å². The van der Waals surface area contributed by atoms with E-state index in [4.69, 9.17) is 17.3 Å². The fraction of sp³-hybridized carbons (Fsp3) is 0.100. The molecule has 0 bridgehead atoms. The van der Waals surface area contributed by atoms with Crippen LogP contribution < -0.4 is 31.1 Å². The number of nitrogens with one attached hydrogen (secondary N) is 2. The van der Waals surface area contributed by atoms with Gasteiger partial charge in [-0.2, -0.15) is 0 Å². The van der Waals surface area contributed by atoms with Gasteiger partial charge in [0.05, 0.1) is 31.9 Å². The number of aromatic nitrogens is 12. The summed E-state index contributed by atoms with van der Waals surface area (Å²) in [6.45, 7) is 2.78. The second-order valence-corrected chi connectivity index (χ2v) is 19.2. The normalized spacial score (nSPS) is 10.1. The number of fused-ring (bicyclic) bond motifs is 4. The van der Waals surface area contributed by atoms with E-state index in [1.807, 2.05) is 181 Å². The zero-order valence-corrected chi connectivity index (χ0v) is 49.4. The second-order valence-electron chi connectivity index (χ2n) is 18.3. The Hall–Kier alpha value is -11.6. The minimum Gasteiger partial charge on any atom is -0.399 e. The molecule has 0 aliphatic carbocycles. The van der Waals surface area contributed by atoms with E-state index in [0.717, 1.165) is 89.4 Å². The van der Waals surface area contributed by atoms with Crippen LogP contribution in [-0.4, -0.2) is 111 Å². The van der Waals surface area contributed by atoms with Crippen LogP contribution in [0.1, 0.15) is 13.8 Å². The molecule has 0 fully saturated rings. The van der Waals surface area contributed by atoms with Gasteiger partial charge in [0, 0.05) is 122 Å². The van der Waals surface area contributed by atoms with E-state index in [9.17, 15) is 29.8 Å². The van der Waals surface area contributed by atoms with E-state index in [1.54, 1.807) is 31.3 Å². The molecule has 444 valence electrons. The van der Waals surface area contributed by atoms with Gasteiger partial charge in [0.25, 0.3) is 11.4 Å². The Labute approximate surface area is 512 Å². The third-order valence-electron chi connectivity index (χ3n) is 12.3. The van der Waals surface area contributed by atoms with Gasteiger partial charge in [-0.3, -0.25) is 29.8 Å². The summed E-state index contributed by atoms with van der Waals surface area (Å²) in [7, 11) is 7.46. The average Bonchev–Trinajstić information content (AvgIpc) is 2.45. The molecule has 0 spiro atoms. The zero-order chi connectivity index (χ0) is 63.1. The predicted octanol–water partition coefficient (Wildman–Crippen LogP) is 11.9. The molecule has 0 atom stereocenters. The van der Waals surface area contributed by atoms with Gasteiger partial charge in [-0.25, -0.2) is 0 Å². The lowest BCUT2D eigenvalue weighted by molar-refractivity contribution is -0.385. The predicted molar refractivity (Wildman–Crippen MR) is 342 cm³/mol. The summed E-state index contributed by atoms with van der Waals surface area (Å²) in [5.41, 5.74) is 14.1. The minimum atomic E-state index is -0.425. The number of non-ortho nitro benzene ring substituents is 2. The number of nitrogens with two attached hydrogens (primary N) is 1. The molecule has 4 N–H and O–H groups in total. The number of carbonyl (C=O) groups is 2. The number of hydrogen-bond donors (Lipinski definition) is 3. The van der Waals surface area contributed by atoms with Crippen LogP contribution in [0.3, 0.4) is 0 Å². The van der Waals surface area contributed by atoms with Crippen molar-refractivity contribution in [3.05, 3.63) is 220 Å². The SMILES string of the molecule is CC(=O)Cl.CC(=O)Nc1ccc(N(C)c2nnnc3ccccc23)cc1.CN(c1ccc(N)cc1)c1nnnc2ccccc12.CN(c1ccc([N+](=O)[O-])cc1)c1nnnc2ccccc12.CNc1ccc([N+](=O)[O-])cc1.Clc1nnnc2ccccc12. The summed E-state index contributed by atoms with van der Waals surface area (Å²) in [5, 5.41) is 76.8. The molecule has 1 amide bonds. The van der Waals surface area contributed by atoms with Crippen LogP contribution >= 0.6 is 23.2 Å². The van der Waals surface area contributed by atoms with E-state index in [2.05, 4.69) is 83.9 Å². The molecule has 28 heteroatoms. The lowest BCUT2D eigenvalue weighted by Crippen LogP contribution is -2.13. The van der Waals surface area contributed by atoms with Crippen molar-refractivity contribution in [1.29, 1.82) is 0 Å². The number of halogens is 2. The van der Waals surface area contributed by atoms with E-state index in [-0.39, 0.29) is 22.5 Å². The number of hydrogen-bond acceptors (Lipinski definition) is 23. The maximum Gasteiger partial charge on any atom is 0.269 e. The van der Waals surface area contributed by atoms with Crippen LogP contribution in [0.15, 0.2) is 194 Å². The van der Waals surface area contributed by atoms with Crippen molar-refractivity contribution in [2.45, 2.75) is 13.8 Å². The van der Waals surface area contributed by atoms with E-state index in [1.165, 1.54) is 38.1 Å². The fourth-order valence-electron chi connectivity index (χ4n) is 7.98. The van der Waals surface area contributed by atoms with Gasteiger partial charge in [0.1, 0.15) is 0 Å². The van der Waals surface area contributed by atoms with E-state index in [0.29, 0.717) is 11.0 Å². The van der Waals surface area contributed by atoms with E-state index < -0.39 is 9.85 Å². The molecule has 26 nitrogen and oxygen atoms in total. The van der Waals surface area contributed by atoms with Gasteiger partial charge >= 0.3 is 0 Å². The number of carbonyl (C=O) groups excluding carboxylic acids is 2. The third kappa shape index (κ3) is 17.7. The number of benzene rings is 8. The third-order valence-corrected chi connectivity index (χ3v) is 12.6. The van der Waals surface area contributed by atoms with Crippen molar-refractivity contribution >= 4 is 141 Å². The zero-order valence-electron chi connectivity index (χ0n) is 47.9. The van der Waals surface area contributed by atoms with Crippen LogP contribution in [0.4, 0.5) is 63.0 Å². The number of anilines is 9. The first kappa shape index (κ1) is 63.9. The first-order valence-corrected chi connectivity index (χ1v) is 26.9. The second kappa shape index (κ2) is 31.3. The number of nitrogen functional groups attached to an aromatic ring is 1. The molecule has 88 heavy (non-hydrogen) atoms. The van der Waals surface area contributed by atoms with Crippen molar-refractivity contribution < 1.29 is 19.4 Å². The van der Waals surface area contributed by atoms with Gasteiger partial charge in [-0.15, -0.1) is 40.8 Å². The van der Waals surface area contributed by atoms with Crippen LogP contribution in [0.2, 0.25) is 5.15 Å². The molecule has 0 saturated carbocycles. The number of nitro benzene ring substituents is 2. The molecule has 0 radical (unpaired) electrons. The Balaban J connectivity index is 0.000000158. The first-order valence-electron chi connectivity index (χ1n) is 26.2. The Morgan fingerprint density at radius 2 is 0.739 bits per heavy atom. The molecular weight excluding hydrogens is 1170 g/mol. The highest BCUT2D eigenvalue weighted by Crippen LogP contribution is 2.31. The molecular formula is C60H54Cl2N20O6. The van der Waals surface area contributed by atoms with E-state index >= 15 is 0 Å². The Bertz CT molecular complexity index is 4290. The largest absolute Gasteiger partial charge is 0.399 e. The van der Waals surface area contributed by atoms with Gasteiger partial charge in [0.15, 0.2) is 22.6 Å². The van der Waals surface area contributed by atoms with Crippen molar-refractivity contribution in [2.24, 2.45) is 0 Å². The Morgan fingerprint density at radius 3 is 1.08 bits per heavy atom. The fourth-order valence-corrected chi connectivity index (χ4v) is 8.17. The number of nitro groups is 2. The number of amides is 1. The van der Waals surface area contributed by atoms with Crippen LogP contribution in [0.25, 0.3) is 43.6 Å². The molecule has 8 aromatic carbocycles. The maximum absolute atomic E-state index is 11.1. The van der Waals surface area contributed by atoms with Crippen LogP contribution in [0, 0.1) is 20.2 Å². The maximum atomic E-state index is 11.1. The Kier molecular flexibility index (Phi) is 22.7. The number of nitrogens with zero attached hydrogens (tertiary/aromatic N) is 17. The molecule has 0 aliphatic heterocycles. The van der Waals surface area contributed by atoms with Gasteiger partial charge in [-0.1, -0.05) is 60.1 Å². The van der Waals surface area contributed by atoms with Crippen LogP contribution in [0.5, 0.6) is 0 Å². The topological polar surface area (TPSA) is 335 Å². The van der Waals surface area contributed by atoms with Crippen molar-refractivity contribution in [3.63, 3.8) is 0 Å². The standard InChI is InChI=1S/C16H15N5O.C14H11N5O2.C14H13N5.C7H4ClN3.C7H8N2O2.C2H3ClO/c1-11(22)17-12-7-9-13(10-8-12)21(2)16-14-5-3-4-6-15(14)18-20-19-16;1-18(10-6-8-11(9-7-10)19(20)21)14-12-4-2-3-5-13(12)15-17-16-14;1-19(11-8-6-10(15)7-9-11)14-12-4-2-3-5-13(12)16-18-17-14;8-7-5-3-1-2-4-6(5)9-11-10-7;1-8-6-2-4-7(5-3-6)9(10)11;1-2(3)4/h3-10H,1-2H3,(H,17,22);2-9H,1H3;2-9H,15H2,1H3;1-4H;2-5,8H,1H3;1H3. The summed E-state index contributed by atoms with van der Waals surface area (Å²) in [6.07, 6.45) is 0. The van der Waals surface area contributed by atoms with Gasteiger partial charge in [-0.05, 0) is 154 Å². The molecule has 4 aromatic heterocycles. The minimum absolute atomic E-state index is 0.0535. The highest BCUT2D eigenvalue weighted by atomic mass is 35.5. The monoisotopic (exact) mass is 1220 g/mol. The van der Waals surface area contributed by atoms with Crippen LogP contribution in [-0.2, 0) is 9.59 Å². The lowest BCUT2D eigenvalue weighted by Gasteiger charge is -2.19. The first-order chi connectivity index (χ1) is 42.4. The highest BCUT2D eigenvalue weighted by molar-refractivity contribution is 6.62. The average molecular weight is 1220 g/mol. The Morgan fingerprint density at radius 1 is 0.443 bits per heavy atom. The highest BCUT2D eigenvalue weighted by Gasteiger charge is 2.15. The summed E-state index contributed by atoms with van der Waals surface area (Å²) >= 11 is 10.4. The molecule has 12 rings (SSSR count). The smallest absolute Gasteiger partial charge is 0.269 e.